The Morgan fingerprint density at radius 3 is 2.38 bits per heavy atom. The lowest BCUT2D eigenvalue weighted by molar-refractivity contribution is -0.130. The van der Waals surface area contributed by atoms with E-state index >= 15 is 0 Å². The highest BCUT2D eigenvalue weighted by Crippen LogP contribution is 2.41. The van der Waals surface area contributed by atoms with Crippen molar-refractivity contribution in [2.24, 2.45) is 0 Å². The molecule has 0 aliphatic carbocycles. The fourth-order valence-electron chi connectivity index (χ4n) is 4.97. The van der Waals surface area contributed by atoms with Gasteiger partial charge in [0.1, 0.15) is 0 Å². The van der Waals surface area contributed by atoms with E-state index < -0.39 is 0 Å². The number of fused-ring (bicyclic) bond motifs is 2. The molecule has 0 bridgehead atoms. The Morgan fingerprint density at radius 1 is 0.966 bits per heavy atom. The molecule has 4 nitrogen and oxygen atoms in total. The summed E-state index contributed by atoms with van der Waals surface area (Å²) in [4.78, 5) is 18.8. The van der Waals surface area contributed by atoms with Gasteiger partial charge in [-0.15, -0.1) is 0 Å². The molecule has 0 saturated carbocycles. The fourth-order valence-corrected chi connectivity index (χ4v) is 4.97. The van der Waals surface area contributed by atoms with Crippen LogP contribution in [0.4, 0.5) is 0 Å². The quantitative estimate of drug-likeness (QED) is 0.783. The molecule has 2 heterocycles. The van der Waals surface area contributed by atoms with Gasteiger partial charge in [0.2, 0.25) is 5.91 Å². The second-order valence-corrected chi connectivity index (χ2v) is 8.95. The van der Waals surface area contributed by atoms with Gasteiger partial charge in [-0.25, -0.2) is 0 Å². The van der Waals surface area contributed by atoms with Crippen LogP contribution in [0.15, 0.2) is 54.6 Å². The number of hydrogen-bond donors (Lipinski definition) is 0. The molecule has 1 amide bonds. The third-order valence-corrected chi connectivity index (χ3v) is 6.74. The molecule has 2 aromatic carbocycles. The molecular weight excluding hydrogens is 358 g/mol. The van der Waals surface area contributed by atoms with Crippen molar-refractivity contribution in [2.45, 2.75) is 31.2 Å². The summed E-state index contributed by atoms with van der Waals surface area (Å²) in [6.07, 6.45) is 3.36. The number of benzene rings is 2. The summed E-state index contributed by atoms with van der Waals surface area (Å²) in [7, 11) is 3.69. The zero-order chi connectivity index (χ0) is 20.3. The van der Waals surface area contributed by atoms with Gasteiger partial charge in [-0.1, -0.05) is 54.6 Å². The first-order chi connectivity index (χ1) is 14.1. The van der Waals surface area contributed by atoms with Gasteiger partial charge in [0.25, 0.3) is 0 Å². The summed E-state index contributed by atoms with van der Waals surface area (Å²) >= 11 is 0. The minimum Gasteiger partial charge on any atom is -0.348 e. The number of rotatable bonds is 5. The smallest absolute Gasteiger partial charge is 0.236 e. The van der Waals surface area contributed by atoms with Crippen LogP contribution in [0.1, 0.15) is 29.5 Å². The third kappa shape index (κ3) is 4.54. The maximum absolute atomic E-state index is 12.1. The Labute approximate surface area is 175 Å². The second kappa shape index (κ2) is 8.68. The van der Waals surface area contributed by atoms with Crippen molar-refractivity contribution in [3.05, 3.63) is 71.3 Å². The largest absolute Gasteiger partial charge is 0.348 e. The molecule has 1 fully saturated rings. The topological polar surface area (TPSA) is 26.8 Å². The van der Waals surface area contributed by atoms with Crippen molar-refractivity contribution in [1.82, 2.24) is 14.7 Å². The van der Waals surface area contributed by atoms with Crippen LogP contribution in [-0.4, -0.2) is 67.4 Å². The Morgan fingerprint density at radius 2 is 1.66 bits per heavy atom. The molecule has 0 aromatic heterocycles. The van der Waals surface area contributed by atoms with Crippen LogP contribution in [0, 0.1) is 0 Å². The number of piperidine rings is 1. The van der Waals surface area contributed by atoms with Crippen molar-refractivity contribution in [2.75, 3.05) is 46.8 Å². The second-order valence-electron chi connectivity index (χ2n) is 8.95. The molecule has 0 N–H and O–H groups in total. The number of carbonyl (C=O) groups is 1. The summed E-state index contributed by atoms with van der Waals surface area (Å²) < 4.78 is 0. The molecule has 0 unspecified atom stereocenters. The Kier molecular flexibility index (Phi) is 6.02. The predicted molar refractivity (Wildman–Crippen MR) is 118 cm³/mol. The number of amides is 1. The molecule has 2 aromatic rings. The lowest BCUT2D eigenvalue weighted by atomic mass is 9.69. The Hall–Kier alpha value is -2.17. The zero-order valence-corrected chi connectivity index (χ0v) is 17.8. The number of hydrogen-bond acceptors (Lipinski definition) is 3. The number of likely N-dealkylation sites (N-methyl/N-ethyl adjacent to an activating group) is 1. The Balaban J connectivity index is 1.46. The molecule has 4 heteroatoms. The van der Waals surface area contributed by atoms with Crippen LogP contribution in [0.3, 0.4) is 0 Å². The standard InChI is InChI=1S/C25H33N3O/c1-26(2)24(29)19-27-16-13-25(14-17-27)20-28(15-12-21-8-4-3-5-9-21)18-22-10-6-7-11-23(22)25/h3-11H,12-20H2,1-2H3. The summed E-state index contributed by atoms with van der Waals surface area (Å²) in [5, 5.41) is 0. The van der Waals surface area contributed by atoms with E-state index in [-0.39, 0.29) is 11.3 Å². The monoisotopic (exact) mass is 391 g/mol. The first-order valence-corrected chi connectivity index (χ1v) is 10.8. The van der Waals surface area contributed by atoms with Crippen LogP contribution >= 0.6 is 0 Å². The van der Waals surface area contributed by atoms with Crippen molar-refractivity contribution < 1.29 is 4.79 Å². The minimum atomic E-state index is 0.203. The first kappa shape index (κ1) is 20.1. The van der Waals surface area contributed by atoms with Crippen molar-refractivity contribution in [3.63, 3.8) is 0 Å². The molecule has 1 spiro atoms. The lowest BCUT2D eigenvalue weighted by Crippen LogP contribution is -2.53. The van der Waals surface area contributed by atoms with Gasteiger partial charge in [0.05, 0.1) is 6.54 Å². The average Bonchev–Trinajstić information content (AvgIpc) is 2.75. The summed E-state index contributed by atoms with van der Waals surface area (Å²) in [6.45, 7) is 5.83. The average molecular weight is 392 g/mol. The van der Waals surface area contributed by atoms with Crippen molar-refractivity contribution in [1.29, 1.82) is 0 Å². The molecule has 1 saturated heterocycles. The van der Waals surface area contributed by atoms with Crippen LogP contribution in [0.5, 0.6) is 0 Å². The van der Waals surface area contributed by atoms with E-state index in [0.717, 1.165) is 52.0 Å². The van der Waals surface area contributed by atoms with Crippen molar-refractivity contribution in [3.8, 4) is 0 Å². The summed E-state index contributed by atoms with van der Waals surface area (Å²) in [5.41, 5.74) is 4.68. The SMILES string of the molecule is CN(C)C(=O)CN1CCC2(CC1)CN(CCc1ccccc1)Cc1ccccc12. The predicted octanol–water partition coefficient (Wildman–Crippen LogP) is 3.17. The third-order valence-electron chi connectivity index (χ3n) is 6.74. The van der Waals surface area contributed by atoms with E-state index in [2.05, 4.69) is 64.4 Å². The van der Waals surface area contributed by atoms with Gasteiger partial charge < -0.3 is 4.90 Å². The van der Waals surface area contributed by atoms with E-state index in [1.54, 1.807) is 10.5 Å². The van der Waals surface area contributed by atoms with Crippen LogP contribution in [0.25, 0.3) is 0 Å². The van der Waals surface area contributed by atoms with E-state index in [0.29, 0.717) is 6.54 Å². The summed E-state index contributed by atoms with van der Waals surface area (Å²) in [5.74, 6) is 0.203. The van der Waals surface area contributed by atoms with Crippen LogP contribution in [-0.2, 0) is 23.2 Å². The van der Waals surface area contributed by atoms with Crippen LogP contribution in [0.2, 0.25) is 0 Å². The lowest BCUT2D eigenvalue weighted by Gasteiger charge is -2.49. The van der Waals surface area contributed by atoms with Gasteiger partial charge in [-0.05, 0) is 49.0 Å². The normalized spacial score (nSPS) is 19.1. The van der Waals surface area contributed by atoms with Crippen LogP contribution < -0.4 is 0 Å². The molecule has 2 aliphatic heterocycles. The fraction of sp³-hybridized carbons (Fsp3) is 0.480. The summed E-state index contributed by atoms with van der Waals surface area (Å²) in [6, 6.07) is 19.9. The van der Waals surface area contributed by atoms with Gasteiger partial charge in [-0.3, -0.25) is 14.6 Å². The highest BCUT2D eigenvalue weighted by atomic mass is 16.2. The number of carbonyl (C=O) groups excluding carboxylic acids is 1. The minimum absolute atomic E-state index is 0.203. The van der Waals surface area contributed by atoms with Gasteiger partial charge in [-0.2, -0.15) is 0 Å². The highest BCUT2D eigenvalue weighted by Gasteiger charge is 2.41. The maximum Gasteiger partial charge on any atom is 0.236 e. The van der Waals surface area contributed by atoms with Crippen molar-refractivity contribution >= 4 is 5.91 Å². The Bertz CT molecular complexity index is 825. The number of nitrogens with zero attached hydrogens (tertiary/aromatic N) is 3. The van der Waals surface area contributed by atoms with Gasteiger partial charge in [0.15, 0.2) is 0 Å². The molecule has 154 valence electrons. The molecule has 29 heavy (non-hydrogen) atoms. The molecule has 0 radical (unpaired) electrons. The molecule has 4 rings (SSSR count). The molecule has 2 aliphatic rings. The van der Waals surface area contributed by atoms with E-state index in [9.17, 15) is 4.79 Å². The van der Waals surface area contributed by atoms with E-state index in [1.807, 2.05) is 14.1 Å². The van der Waals surface area contributed by atoms with Gasteiger partial charge >= 0.3 is 0 Å². The first-order valence-electron chi connectivity index (χ1n) is 10.8. The van der Waals surface area contributed by atoms with E-state index in [4.69, 9.17) is 0 Å². The van der Waals surface area contributed by atoms with Gasteiger partial charge in [0, 0.05) is 39.1 Å². The molecule has 0 atom stereocenters. The zero-order valence-electron chi connectivity index (χ0n) is 17.8. The number of likely N-dealkylation sites (tertiary alicyclic amines) is 1. The highest BCUT2D eigenvalue weighted by molar-refractivity contribution is 5.77. The van der Waals surface area contributed by atoms with E-state index in [1.165, 1.54) is 11.1 Å². The molecular formula is C25H33N3O. The maximum atomic E-state index is 12.1.